The molecule has 0 N–H and O–H groups in total. The summed E-state index contributed by atoms with van der Waals surface area (Å²) in [6, 6.07) is 0. The van der Waals surface area contributed by atoms with Crippen molar-refractivity contribution in [3.63, 3.8) is 0 Å². The van der Waals surface area contributed by atoms with Crippen LogP contribution in [0.2, 0.25) is 0 Å². The molecule has 0 saturated heterocycles. The topological polar surface area (TPSA) is 94.1 Å². The van der Waals surface area contributed by atoms with Crippen LogP contribution >= 0.6 is 7.82 Å². The van der Waals surface area contributed by atoms with E-state index in [2.05, 4.69) is 50.3 Å². The van der Waals surface area contributed by atoms with Gasteiger partial charge in [0.2, 0.25) is 0 Å². The Morgan fingerprint density at radius 3 is 1.59 bits per heavy atom. The molecule has 318 valence electrons. The Kier molecular flexibility index (Phi) is 37.7. The van der Waals surface area contributed by atoms with Gasteiger partial charge in [-0.3, -0.25) is 9.36 Å². The number of rotatable bonds is 41. The summed E-state index contributed by atoms with van der Waals surface area (Å²) in [5.74, 6) is -0.343. The number of phosphoric ester groups is 1. The number of nitrogens with zero attached hydrogens (tertiary/aromatic N) is 1. The molecular weight excluding hydrogens is 697 g/mol. The number of hydrogen-bond acceptors (Lipinski definition) is 7. The monoisotopic (exact) mass is 784 g/mol. The van der Waals surface area contributed by atoms with Gasteiger partial charge in [-0.25, -0.2) is 0 Å². The zero-order valence-corrected chi connectivity index (χ0v) is 36.8. The van der Waals surface area contributed by atoms with Crippen LogP contribution in [0, 0.1) is 0 Å². The molecule has 0 spiro atoms. The predicted octanol–water partition coefficient (Wildman–Crippen LogP) is 12.4. The number of carbonyl (C=O) groups excluding carboxylic acids is 1. The number of carbonyl (C=O) groups is 1. The van der Waals surface area contributed by atoms with Gasteiger partial charge >= 0.3 is 5.97 Å². The van der Waals surface area contributed by atoms with Crippen LogP contribution < -0.4 is 4.89 Å². The summed E-state index contributed by atoms with van der Waals surface area (Å²) in [4.78, 5) is 25.0. The maximum Gasteiger partial charge on any atom is 0.306 e. The highest BCUT2D eigenvalue weighted by atomic mass is 31.2. The molecule has 0 aromatic heterocycles. The van der Waals surface area contributed by atoms with Crippen LogP contribution in [0.15, 0.2) is 36.5 Å². The molecule has 54 heavy (non-hydrogen) atoms. The largest absolute Gasteiger partial charge is 0.756 e. The number of esters is 1. The van der Waals surface area contributed by atoms with Crippen molar-refractivity contribution in [2.45, 2.75) is 193 Å². The first kappa shape index (κ1) is 52.7. The number of allylic oxidation sites excluding steroid dienone is 6. The Morgan fingerprint density at radius 1 is 0.574 bits per heavy atom. The number of hydrogen-bond donors (Lipinski definition) is 0. The number of quaternary nitrogens is 1. The fraction of sp³-hybridized carbons (Fsp3) is 0.844. The van der Waals surface area contributed by atoms with Gasteiger partial charge in [0.25, 0.3) is 7.82 Å². The van der Waals surface area contributed by atoms with Crippen molar-refractivity contribution in [1.82, 2.24) is 0 Å². The van der Waals surface area contributed by atoms with Crippen molar-refractivity contribution >= 4 is 13.8 Å². The highest BCUT2D eigenvalue weighted by Gasteiger charge is 2.20. The molecule has 2 atom stereocenters. The summed E-state index contributed by atoms with van der Waals surface area (Å²) >= 11 is 0. The summed E-state index contributed by atoms with van der Waals surface area (Å²) in [7, 11) is 1.35. The van der Waals surface area contributed by atoms with Gasteiger partial charge in [-0.2, -0.15) is 0 Å². The van der Waals surface area contributed by atoms with Gasteiger partial charge in [0.1, 0.15) is 19.3 Å². The van der Waals surface area contributed by atoms with Crippen LogP contribution in [0.3, 0.4) is 0 Å². The summed E-state index contributed by atoms with van der Waals surface area (Å²) in [6.45, 7) is 5.33. The zero-order valence-electron chi connectivity index (χ0n) is 35.9. The molecule has 0 aromatic rings. The second-order valence-corrected chi connectivity index (χ2v) is 17.5. The van der Waals surface area contributed by atoms with Crippen LogP contribution in [0.1, 0.15) is 187 Å². The third-order valence-corrected chi connectivity index (χ3v) is 10.4. The van der Waals surface area contributed by atoms with Gasteiger partial charge in [0.15, 0.2) is 0 Å². The second-order valence-electron chi connectivity index (χ2n) is 16.0. The molecule has 0 aliphatic carbocycles. The number of unbranched alkanes of at least 4 members (excludes halogenated alkanes) is 21. The van der Waals surface area contributed by atoms with E-state index >= 15 is 0 Å². The highest BCUT2D eigenvalue weighted by Crippen LogP contribution is 2.38. The van der Waals surface area contributed by atoms with Crippen molar-refractivity contribution < 1.29 is 37.3 Å². The molecule has 8 nitrogen and oxygen atoms in total. The predicted molar refractivity (Wildman–Crippen MR) is 227 cm³/mol. The van der Waals surface area contributed by atoms with Crippen molar-refractivity contribution in [1.29, 1.82) is 0 Å². The molecule has 0 bridgehead atoms. The third-order valence-electron chi connectivity index (χ3n) is 9.39. The molecule has 9 heteroatoms. The molecule has 0 heterocycles. The summed E-state index contributed by atoms with van der Waals surface area (Å²) in [5, 5.41) is 0. The minimum Gasteiger partial charge on any atom is -0.756 e. The minimum atomic E-state index is -4.53. The molecule has 0 saturated carbocycles. The molecule has 0 aromatic carbocycles. The van der Waals surface area contributed by atoms with Gasteiger partial charge in [0, 0.05) is 13.0 Å². The zero-order chi connectivity index (χ0) is 39.9. The van der Waals surface area contributed by atoms with Crippen LogP contribution in [0.25, 0.3) is 0 Å². The maximum atomic E-state index is 12.7. The summed E-state index contributed by atoms with van der Waals surface area (Å²) in [5.41, 5.74) is 0. The Bertz CT molecular complexity index is 962. The van der Waals surface area contributed by atoms with E-state index in [0.717, 1.165) is 57.8 Å². The number of likely N-dealkylation sites (N-methyl/N-ethyl adjacent to an activating group) is 1. The molecule has 0 radical (unpaired) electrons. The van der Waals surface area contributed by atoms with Gasteiger partial charge in [-0.15, -0.1) is 0 Å². The fourth-order valence-corrected chi connectivity index (χ4v) is 6.66. The first-order valence-electron chi connectivity index (χ1n) is 22.2. The van der Waals surface area contributed by atoms with E-state index in [0.29, 0.717) is 24.1 Å². The number of phosphoric acid groups is 1. The Balaban J connectivity index is 4.23. The molecule has 2 unspecified atom stereocenters. The van der Waals surface area contributed by atoms with Gasteiger partial charge in [-0.05, 0) is 64.2 Å². The maximum absolute atomic E-state index is 12.7. The molecule has 0 aliphatic heterocycles. The Labute approximate surface area is 334 Å². The summed E-state index contributed by atoms with van der Waals surface area (Å²) in [6.07, 6.45) is 44.4. The minimum absolute atomic E-state index is 0.0229. The SMILES string of the molecule is CCC/C=C\C/C=C\CCCCCCCCOCC(COP(=O)([O-])OCC[N+](C)(C)C)OC(=O)CCCCCCCCC/C=C\CCCCCCCCC. The normalized spacial score (nSPS) is 14.1. The molecule has 0 amide bonds. The van der Waals surface area contributed by atoms with Crippen LogP contribution in [0.5, 0.6) is 0 Å². The standard InChI is InChI=1S/C45H86NO7P/c1-6-8-10-12-14-16-18-20-22-23-24-25-26-28-30-32-34-36-38-45(47)53-44(43-52-54(48,49)51-41-39-46(3,4)5)42-50-40-37-35-33-31-29-27-21-19-17-15-13-11-9-7-2/h11,13,17,19,22-23,44H,6-10,12,14-16,18,20-21,24-43H2,1-5H3/b13-11-,19-17-,23-22-. The second kappa shape index (κ2) is 38.6. The smallest absolute Gasteiger partial charge is 0.306 e. The Hall–Kier alpha value is -1.28. The molecular formula is C45H86NO7P. The van der Waals surface area contributed by atoms with Crippen LogP contribution in [-0.4, -0.2) is 70.7 Å². The number of ether oxygens (including phenoxy) is 2. The van der Waals surface area contributed by atoms with Crippen molar-refractivity contribution in [3.8, 4) is 0 Å². The molecule has 0 rings (SSSR count). The lowest BCUT2D eigenvalue weighted by molar-refractivity contribution is -0.870. The molecule has 0 fully saturated rings. The van der Waals surface area contributed by atoms with E-state index in [4.69, 9.17) is 18.5 Å². The van der Waals surface area contributed by atoms with Crippen LogP contribution in [-0.2, 0) is 27.9 Å². The van der Waals surface area contributed by atoms with Gasteiger partial charge in [-0.1, -0.05) is 153 Å². The van der Waals surface area contributed by atoms with E-state index in [-0.39, 0.29) is 25.8 Å². The van der Waals surface area contributed by atoms with Crippen LogP contribution in [0.4, 0.5) is 0 Å². The van der Waals surface area contributed by atoms with E-state index in [9.17, 15) is 14.3 Å². The van der Waals surface area contributed by atoms with Crippen molar-refractivity contribution in [3.05, 3.63) is 36.5 Å². The van der Waals surface area contributed by atoms with E-state index in [1.807, 2.05) is 21.1 Å². The molecule has 0 aliphatic rings. The van der Waals surface area contributed by atoms with Gasteiger partial charge in [0.05, 0.1) is 34.4 Å². The fourth-order valence-electron chi connectivity index (χ4n) is 5.93. The third kappa shape index (κ3) is 41.9. The van der Waals surface area contributed by atoms with E-state index < -0.39 is 13.9 Å². The average Bonchev–Trinajstić information content (AvgIpc) is 3.12. The van der Waals surface area contributed by atoms with Crippen molar-refractivity contribution in [2.75, 3.05) is 54.1 Å². The quantitative estimate of drug-likeness (QED) is 0.0200. The average molecular weight is 784 g/mol. The first-order chi connectivity index (χ1) is 26.1. The lowest BCUT2D eigenvalue weighted by Gasteiger charge is -2.28. The van der Waals surface area contributed by atoms with E-state index in [1.165, 1.54) is 109 Å². The summed E-state index contributed by atoms with van der Waals surface area (Å²) < 4.78 is 34.6. The lowest BCUT2D eigenvalue weighted by Crippen LogP contribution is -2.37. The van der Waals surface area contributed by atoms with Crippen molar-refractivity contribution in [2.24, 2.45) is 0 Å². The van der Waals surface area contributed by atoms with E-state index in [1.54, 1.807) is 0 Å². The Morgan fingerprint density at radius 2 is 1.06 bits per heavy atom. The lowest BCUT2D eigenvalue weighted by atomic mass is 10.1. The highest BCUT2D eigenvalue weighted by molar-refractivity contribution is 7.45. The first-order valence-corrected chi connectivity index (χ1v) is 23.7. The van der Waals surface area contributed by atoms with Gasteiger partial charge < -0.3 is 27.9 Å².